The molecule has 1 N–H and O–H groups in total. The summed E-state index contributed by atoms with van der Waals surface area (Å²) < 4.78 is 23.5. The van der Waals surface area contributed by atoms with Gasteiger partial charge in [-0.05, 0) is 30.1 Å². The van der Waals surface area contributed by atoms with E-state index < -0.39 is 12.4 Å². The third-order valence-corrected chi connectivity index (χ3v) is 6.59. The minimum Gasteiger partial charge on any atom is -0.388 e. The highest BCUT2D eigenvalue weighted by atomic mass is 16.7. The number of methoxy groups -OCH3 is 1. The Bertz CT molecular complexity index is 350. The first-order valence-electron chi connectivity index (χ1n) is 9.45. The van der Waals surface area contributed by atoms with Crippen LogP contribution in [0.2, 0.25) is 0 Å². The maximum absolute atomic E-state index is 10.5. The van der Waals surface area contributed by atoms with Gasteiger partial charge in [0.1, 0.15) is 6.10 Å². The molecule has 0 amide bonds. The summed E-state index contributed by atoms with van der Waals surface area (Å²) in [4.78, 5) is 0. The molecule has 5 heteroatoms. The summed E-state index contributed by atoms with van der Waals surface area (Å²) in [5.41, 5.74) is 0. The molecule has 0 aromatic carbocycles. The first-order chi connectivity index (χ1) is 11.3. The summed E-state index contributed by atoms with van der Waals surface area (Å²) in [6.07, 6.45) is -0.377. The van der Waals surface area contributed by atoms with E-state index in [0.29, 0.717) is 30.3 Å². The highest BCUT2D eigenvalue weighted by molar-refractivity contribution is 4.86. The highest BCUT2D eigenvalue weighted by Crippen LogP contribution is 2.37. The van der Waals surface area contributed by atoms with Gasteiger partial charge < -0.3 is 24.1 Å². The highest BCUT2D eigenvalue weighted by Gasteiger charge is 2.43. The van der Waals surface area contributed by atoms with Crippen LogP contribution in [0, 0.1) is 29.6 Å². The molecule has 0 spiro atoms. The van der Waals surface area contributed by atoms with Crippen LogP contribution in [0.4, 0.5) is 0 Å². The van der Waals surface area contributed by atoms with Crippen LogP contribution in [0.3, 0.4) is 0 Å². The lowest BCUT2D eigenvalue weighted by Gasteiger charge is -2.45. The molecule has 2 rings (SSSR count). The van der Waals surface area contributed by atoms with Crippen molar-refractivity contribution in [3.8, 4) is 0 Å². The van der Waals surface area contributed by atoms with Crippen LogP contribution in [-0.4, -0.2) is 49.7 Å². The first kappa shape index (κ1) is 20.1. The topological polar surface area (TPSA) is 57.2 Å². The molecule has 2 aliphatic heterocycles. The van der Waals surface area contributed by atoms with Crippen LogP contribution in [0.25, 0.3) is 0 Å². The van der Waals surface area contributed by atoms with Crippen LogP contribution in [0.5, 0.6) is 0 Å². The third-order valence-electron chi connectivity index (χ3n) is 6.59. The SMILES string of the molecule is CCC1O[C@H](OCC2O[C@H](OC)C(C)[C@@H](C)[C@@H]2C)C(O)[C@@H](C)[C@@H]1C. The van der Waals surface area contributed by atoms with E-state index in [-0.39, 0.29) is 24.4 Å². The van der Waals surface area contributed by atoms with Crippen molar-refractivity contribution in [1.82, 2.24) is 0 Å². The van der Waals surface area contributed by atoms with Gasteiger partial charge >= 0.3 is 0 Å². The van der Waals surface area contributed by atoms with Gasteiger partial charge in [0.05, 0.1) is 18.8 Å². The number of hydrogen-bond acceptors (Lipinski definition) is 5. The van der Waals surface area contributed by atoms with Gasteiger partial charge in [-0.1, -0.05) is 41.5 Å². The number of hydrogen-bond donors (Lipinski definition) is 1. The summed E-state index contributed by atoms with van der Waals surface area (Å²) in [7, 11) is 1.69. The fraction of sp³-hybridized carbons (Fsp3) is 1.00. The average Bonchev–Trinajstić information content (AvgIpc) is 2.58. The van der Waals surface area contributed by atoms with Crippen LogP contribution >= 0.6 is 0 Å². The third kappa shape index (κ3) is 3.96. The van der Waals surface area contributed by atoms with E-state index in [4.69, 9.17) is 18.9 Å². The summed E-state index contributed by atoms with van der Waals surface area (Å²) in [5, 5.41) is 10.5. The number of aliphatic hydroxyl groups is 1. The molecule has 2 fully saturated rings. The predicted octanol–water partition coefficient (Wildman–Crippen LogP) is 3.05. The lowest BCUT2D eigenvalue weighted by atomic mass is 9.79. The second-order valence-electron chi connectivity index (χ2n) is 7.85. The van der Waals surface area contributed by atoms with Crippen molar-refractivity contribution in [3.05, 3.63) is 0 Å². The predicted molar refractivity (Wildman–Crippen MR) is 92.4 cm³/mol. The van der Waals surface area contributed by atoms with E-state index in [2.05, 4.69) is 41.5 Å². The summed E-state index contributed by atoms with van der Waals surface area (Å²) in [5.74, 6) is 1.68. The maximum atomic E-state index is 10.5. The van der Waals surface area contributed by atoms with Crippen molar-refractivity contribution in [3.63, 3.8) is 0 Å². The molecule has 10 atom stereocenters. The van der Waals surface area contributed by atoms with Crippen molar-refractivity contribution in [1.29, 1.82) is 0 Å². The summed E-state index contributed by atoms with van der Waals surface area (Å²) >= 11 is 0. The van der Waals surface area contributed by atoms with Gasteiger partial charge in [0.25, 0.3) is 0 Å². The van der Waals surface area contributed by atoms with Crippen LogP contribution < -0.4 is 0 Å². The van der Waals surface area contributed by atoms with E-state index in [9.17, 15) is 5.11 Å². The first-order valence-corrected chi connectivity index (χ1v) is 9.45. The van der Waals surface area contributed by atoms with Crippen molar-refractivity contribution in [2.24, 2.45) is 29.6 Å². The molecule has 4 unspecified atom stereocenters. The molecule has 0 saturated carbocycles. The van der Waals surface area contributed by atoms with E-state index in [1.165, 1.54) is 0 Å². The minimum absolute atomic E-state index is 0.0494. The van der Waals surface area contributed by atoms with E-state index in [1.54, 1.807) is 7.11 Å². The van der Waals surface area contributed by atoms with Gasteiger partial charge in [0.15, 0.2) is 12.6 Å². The Kier molecular flexibility index (Phi) is 7.09. The van der Waals surface area contributed by atoms with Gasteiger partial charge in [0.2, 0.25) is 0 Å². The zero-order valence-corrected chi connectivity index (χ0v) is 16.3. The molecule has 0 bridgehead atoms. The lowest BCUT2D eigenvalue weighted by molar-refractivity contribution is -0.297. The van der Waals surface area contributed by atoms with Crippen molar-refractivity contribution in [2.45, 2.75) is 78.9 Å². The van der Waals surface area contributed by atoms with Crippen LogP contribution in [-0.2, 0) is 18.9 Å². The van der Waals surface area contributed by atoms with E-state index in [1.807, 2.05) is 0 Å². The fourth-order valence-electron chi connectivity index (χ4n) is 4.02. The van der Waals surface area contributed by atoms with Crippen molar-refractivity contribution in [2.75, 3.05) is 13.7 Å². The molecule has 142 valence electrons. The molecule has 0 aliphatic carbocycles. The maximum Gasteiger partial charge on any atom is 0.184 e. The number of aliphatic hydroxyl groups excluding tert-OH is 1. The van der Waals surface area contributed by atoms with E-state index in [0.717, 1.165) is 6.42 Å². The van der Waals surface area contributed by atoms with Crippen LogP contribution in [0.15, 0.2) is 0 Å². The Morgan fingerprint density at radius 1 is 0.792 bits per heavy atom. The largest absolute Gasteiger partial charge is 0.388 e. The molecule has 24 heavy (non-hydrogen) atoms. The lowest BCUT2D eigenvalue weighted by Crippen LogP contribution is -2.52. The van der Waals surface area contributed by atoms with Gasteiger partial charge in [-0.2, -0.15) is 0 Å². The Labute approximate surface area is 147 Å². The molecule has 0 aromatic rings. The van der Waals surface area contributed by atoms with Gasteiger partial charge in [0, 0.05) is 13.0 Å². The monoisotopic (exact) mass is 344 g/mol. The zero-order valence-electron chi connectivity index (χ0n) is 16.3. The Hall–Kier alpha value is -0.200. The molecule has 2 heterocycles. The molecule has 5 nitrogen and oxygen atoms in total. The average molecular weight is 344 g/mol. The molecular formula is C19H36O5. The Morgan fingerprint density at radius 3 is 1.96 bits per heavy atom. The summed E-state index contributed by atoms with van der Waals surface area (Å²) in [6, 6.07) is 0. The Balaban J connectivity index is 1.96. The Morgan fingerprint density at radius 2 is 1.38 bits per heavy atom. The molecular weight excluding hydrogens is 308 g/mol. The normalized spacial score (nSPS) is 50.0. The van der Waals surface area contributed by atoms with Gasteiger partial charge in [-0.3, -0.25) is 0 Å². The van der Waals surface area contributed by atoms with Gasteiger partial charge in [-0.15, -0.1) is 0 Å². The molecule has 2 saturated heterocycles. The van der Waals surface area contributed by atoms with Crippen LogP contribution in [0.1, 0.15) is 48.0 Å². The fourth-order valence-corrected chi connectivity index (χ4v) is 4.02. The molecule has 0 radical (unpaired) electrons. The smallest absolute Gasteiger partial charge is 0.184 e. The minimum atomic E-state index is -0.601. The molecule has 0 aromatic heterocycles. The second-order valence-corrected chi connectivity index (χ2v) is 7.85. The second kappa shape index (κ2) is 8.45. The van der Waals surface area contributed by atoms with Crippen molar-refractivity contribution < 1.29 is 24.1 Å². The van der Waals surface area contributed by atoms with Crippen molar-refractivity contribution >= 4 is 0 Å². The molecule has 2 aliphatic rings. The number of rotatable bonds is 5. The van der Waals surface area contributed by atoms with Gasteiger partial charge in [-0.25, -0.2) is 0 Å². The quantitative estimate of drug-likeness (QED) is 0.831. The standard InChI is InChI=1S/C19H36O5/c1-8-15-12(4)13(5)17(20)19(23-15)22-9-16-11(3)10(2)14(6)18(21-7)24-16/h10-20H,8-9H2,1-7H3/t10-,11-,12-,13-,14?,15?,16?,17?,18-,19-/m0/s1. The van der Waals surface area contributed by atoms with E-state index >= 15 is 0 Å². The zero-order chi connectivity index (χ0) is 18.0. The summed E-state index contributed by atoms with van der Waals surface area (Å²) in [6.45, 7) is 13.3. The number of ether oxygens (including phenoxy) is 4.